The molecule has 0 unspecified atom stereocenters. The molecular weight excluding hydrogens is 338 g/mol. The molecule has 5 heteroatoms. The Morgan fingerprint density at radius 1 is 1.07 bits per heavy atom. The first-order chi connectivity index (χ1) is 13.0. The van der Waals surface area contributed by atoms with Crippen molar-refractivity contribution in [2.45, 2.75) is 20.0 Å². The Morgan fingerprint density at radius 2 is 1.89 bits per heavy atom. The third-order valence-corrected chi connectivity index (χ3v) is 4.68. The van der Waals surface area contributed by atoms with Gasteiger partial charge in [0.1, 0.15) is 12.0 Å². The van der Waals surface area contributed by atoms with E-state index in [1.165, 1.54) is 6.92 Å². The SMILES string of the molecule is CC(=O)c1cccc(N[C@H]2c3ccccc3C(=O)N2c2cc(C)ccn2)c1. The molecule has 1 aromatic heterocycles. The molecule has 2 aromatic carbocycles. The highest BCUT2D eigenvalue weighted by Crippen LogP contribution is 2.37. The molecule has 0 spiro atoms. The monoisotopic (exact) mass is 357 g/mol. The Bertz CT molecular complexity index is 1040. The fourth-order valence-electron chi connectivity index (χ4n) is 3.33. The number of aryl methyl sites for hydroxylation is 1. The first kappa shape index (κ1) is 17.0. The summed E-state index contributed by atoms with van der Waals surface area (Å²) in [5.41, 5.74) is 3.97. The van der Waals surface area contributed by atoms with E-state index in [0.29, 0.717) is 16.9 Å². The Morgan fingerprint density at radius 3 is 2.67 bits per heavy atom. The van der Waals surface area contributed by atoms with E-state index in [0.717, 1.165) is 16.8 Å². The smallest absolute Gasteiger partial charge is 0.261 e. The summed E-state index contributed by atoms with van der Waals surface area (Å²) in [4.78, 5) is 30.9. The van der Waals surface area contributed by atoms with Crippen molar-refractivity contribution in [3.8, 4) is 0 Å². The molecule has 2 heterocycles. The number of anilines is 2. The van der Waals surface area contributed by atoms with E-state index in [1.807, 2.05) is 55.5 Å². The zero-order chi connectivity index (χ0) is 19.0. The van der Waals surface area contributed by atoms with Crippen LogP contribution >= 0.6 is 0 Å². The molecule has 0 aliphatic carbocycles. The van der Waals surface area contributed by atoms with Gasteiger partial charge in [0.05, 0.1) is 0 Å². The standard InChI is InChI=1S/C22H19N3O2/c1-14-10-11-23-20(12-14)25-21(18-8-3-4-9-19(18)22(25)27)24-17-7-5-6-16(13-17)15(2)26/h3-13,21,24H,1-2H3/t21-/m1/s1. The van der Waals surface area contributed by atoms with E-state index < -0.39 is 6.17 Å². The maximum absolute atomic E-state index is 13.1. The molecular formula is C22H19N3O2. The van der Waals surface area contributed by atoms with Gasteiger partial charge >= 0.3 is 0 Å². The lowest BCUT2D eigenvalue weighted by Gasteiger charge is -2.26. The third kappa shape index (κ3) is 3.08. The summed E-state index contributed by atoms with van der Waals surface area (Å²) in [5, 5.41) is 3.40. The molecule has 4 rings (SSSR count). The summed E-state index contributed by atoms with van der Waals surface area (Å²) in [6.07, 6.45) is 1.30. The topological polar surface area (TPSA) is 62.3 Å². The number of hydrogen-bond donors (Lipinski definition) is 1. The van der Waals surface area contributed by atoms with Gasteiger partial charge in [0.25, 0.3) is 5.91 Å². The van der Waals surface area contributed by atoms with Crippen LogP contribution in [-0.2, 0) is 0 Å². The number of Topliss-reactive ketones (excluding diaryl/α,β-unsaturated/α-hetero) is 1. The van der Waals surface area contributed by atoms with Crippen molar-refractivity contribution in [1.82, 2.24) is 4.98 Å². The van der Waals surface area contributed by atoms with Gasteiger partial charge in [-0.2, -0.15) is 0 Å². The highest BCUT2D eigenvalue weighted by molar-refractivity contribution is 6.11. The molecule has 0 bridgehead atoms. The maximum Gasteiger partial charge on any atom is 0.261 e. The van der Waals surface area contributed by atoms with Crippen LogP contribution in [0.25, 0.3) is 0 Å². The van der Waals surface area contributed by atoms with Crippen LogP contribution in [0.2, 0.25) is 0 Å². The molecule has 1 amide bonds. The maximum atomic E-state index is 13.1. The first-order valence-corrected chi connectivity index (χ1v) is 8.77. The van der Waals surface area contributed by atoms with Crippen LogP contribution in [0.1, 0.15) is 44.9 Å². The number of rotatable bonds is 4. The van der Waals surface area contributed by atoms with Crippen LogP contribution in [0.5, 0.6) is 0 Å². The van der Waals surface area contributed by atoms with E-state index in [1.54, 1.807) is 23.2 Å². The van der Waals surface area contributed by atoms with Gasteiger partial charge in [0, 0.05) is 28.6 Å². The van der Waals surface area contributed by atoms with Gasteiger partial charge < -0.3 is 5.32 Å². The van der Waals surface area contributed by atoms with Crippen molar-refractivity contribution in [3.05, 3.63) is 89.1 Å². The van der Waals surface area contributed by atoms with Crippen LogP contribution in [0, 0.1) is 6.92 Å². The average Bonchev–Trinajstić information content (AvgIpc) is 2.94. The Labute approximate surface area is 157 Å². The number of carbonyl (C=O) groups excluding carboxylic acids is 2. The summed E-state index contributed by atoms with van der Waals surface area (Å²) in [6.45, 7) is 3.51. The van der Waals surface area contributed by atoms with Crippen molar-refractivity contribution in [2.24, 2.45) is 0 Å². The van der Waals surface area contributed by atoms with E-state index >= 15 is 0 Å². The van der Waals surface area contributed by atoms with E-state index in [2.05, 4.69) is 10.3 Å². The highest BCUT2D eigenvalue weighted by atomic mass is 16.2. The third-order valence-electron chi connectivity index (χ3n) is 4.68. The summed E-state index contributed by atoms with van der Waals surface area (Å²) in [6, 6.07) is 18.6. The van der Waals surface area contributed by atoms with Crippen LogP contribution < -0.4 is 10.2 Å². The van der Waals surface area contributed by atoms with Crippen molar-refractivity contribution in [2.75, 3.05) is 10.2 Å². The van der Waals surface area contributed by atoms with Gasteiger partial charge in [-0.1, -0.05) is 30.3 Å². The Kier molecular flexibility index (Phi) is 4.20. The number of hydrogen-bond acceptors (Lipinski definition) is 4. The minimum Gasteiger partial charge on any atom is -0.361 e. The first-order valence-electron chi connectivity index (χ1n) is 8.77. The van der Waals surface area contributed by atoms with Gasteiger partial charge in [-0.15, -0.1) is 0 Å². The minimum absolute atomic E-state index is 0.00115. The summed E-state index contributed by atoms with van der Waals surface area (Å²) in [5.74, 6) is 0.499. The summed E-state index contributed by atoms with van der Waals surface area (Å²) in [7, 11) is 0. The molecule has 5 nitrogen and oxygen atoms in total. The summed E-state index contributed by atoms with van der Waals surface area (Å²) < 4.78 is 0. The summed E-state index contributed by atoms with van der Waals surface area (Å²) >= 11 is 0. The van der Waals surface area contributed by atoms with Crippen LogP contribution in [0.15, 0.2) is 66.9 Å². The van der Waals surface area contributed by atoms with Crippen molar-refractivity contribution < 1.29 is 9.59 Å². The molecule has 0 saturated heterocycles. The molecule has 1 atom stereocenters. The lowest BCUT2D eigenvalue weighted by molar-refractivity contribution is 0.0989. The molecule has 1 aliphatic heterocycles. The predicted molar refractivity (Wildman–Crippen MR) is 105 cm³/mol. The zero-order valence-electron chi connectivity index (χ0n) is 15.1. The van der Waals surface area contributed by atoms with Crippen LogP contribution in [-0.4, -0.2) is 16.7 Å². The normalized spacial score (nSPS) is 15.6. The second-order valence-corrected chi connectivity index (χ2v) is 6.64. The Balaban J connectivity index is 1.78. The number of fused-ring (bicyclic) bond motifs is 1. The highest BCUT2D eigenvalue weighted by Gasteiger charge is 2.38. The predicted octanol–water partition coefficient (Wildman–Crippen LogP) is 4.36. The molecule has 1 aliphatic rings. The lowest BCUT2D eigenvalue weighted by Crippen LogP contribution is -2.33. The van der Waals surface area contributed by atoms with Gasteiger partial charge in [0.2, 0.25) is 0 Å². The second-order valence-electron chi connectivity index (χ2n) is 6.64. The number of aromatic nitrogens is 1. The number of amides is 1. The molecule has 0 radical (unpaired) electrons. The lowest BCUT2D eigenvalue weighted by atomic mass is 10.1. The molecule has 1 N–H and O–H groups in total. The molecule has 0 fully saturated rings. The number of benzene rings is 2. The molecule has 27 heavy (non-hydrogen) atoms. The van der Waals surface area contributed by atoms with E-state index in [9.17, 15) is 9.59 Å². The molecule has 3 aromatic rings. The number of carbonyl (C=O) groups is 2. The van der Waals surface area contributed by atoms with Crippen LogP contribution in [0.4, 0.5) is 11.5 Å². The molecule has 134 valence electrons. The number of pyridine rings is 1. The molecule has 0 saturated carbocycles. The minimum atomic E-state index is -0.398. The van der Waals surface area contributed by atoms with Gasteiger partial charge in [-0.05, 0) is 49.7 Å². The fourth-order valence-corrected chi connectivity index (χ4v) is 3.33. The van der Waals surface area contributed by atoms with Crippen LogP contribution in [0.3, 0.4) is 0 Å². The number of nitrogens with one attached hydrogen (secondary N) is 1. The Hall–Kier alpha value is -3.47. The van der Waals surface area contributed by atoms with E-state index in [-0.39, 0.29) is 11.7 Å². The fraction of sp³-hybridized carbons (Fsp3) is 0.136. The van der Waals surface area contributed by atoms with E-state index in [4.69, 9.17) is 0 Å². The van der Waals surface area contributed by atoms with Crippen molar-refractivity contribution in [3.63, 3.8) is 0 Å². The van der Waals surface area contributed by atoms with Crippen molar-refractivity contribution >= 4 is 23.2 Å². The van der Waals surface area contributed by atoms with Crippen molar-refractivity contribution in [1.29, 1.82) is 0 Å². The zero-order valence-corrected chi connectivity index (χ0v) is 15.1. The number of nitrogens with zero attached hydrogens (tertiary/aromatic N) is 2. The number of ketones is 1. The average molecular weight is 357 g/mol. The van der Waals surface area contributed by atoms with Gasteiger partial charge in [0.15, 0.2) is 5.78 Å². The second kappa shape index (κ2) is 6.68. The quantitative estimate of drug-likeness (QED) is 0.705. The van der Waals surface area contributed by atoms with Gasteiger partial charge in [-0.25, -0.2) is 4.98 Å². The van der Waals surface area contributed by atoms with Gasteiger partial charge in [-0.3, -0.25) is 14.5 Å². The largest absolute Gasteiger partial charge is 0.361 e.